The molecule has 1 saturated carbocycles. The van der Waals surface area contributed by atoms with Gasteiger partial charge < -0.3 is 4.74 Å². The number of benzene rings is 3. The number of ether oxygens (including phenoxy) is 1. The number of nitrogens with one attached hydrogen (secondary N) is 1. The zero-order valence-corrected chi connectivity index (χ0v) is 19.7. The number of amides is 1. The molecule has 1 N–H and O–H groups in total. The molecule has 4 nitrogen and oxygen atoms in total. The first-order valence-corrected chi connectivity index (χ1v) is 11.7. The summed E-state index contributed by atoms with van der Waals surface area (Å²) in [7, 11) is 0. The van der Waals surface area contributed by atoms with Gasteiger partial charge >= 0.3 is 0 Å². The molecule has 1 amide bonds. The fourth-order valence-electron chi connectivity index (χ4n) is 4.46. The van der Waals surface area contributed by atoms with Crippen LogP contribution in [-0.2, 0) is 10.2 Å². The lowest BCUT2D eigenvalue weighted by Gasteiger charge is -2.19. The molecule has 4 rings (SSSR count). The Morgan fingerprint density at radius 3 is 2.24 bits per heavy atom. The largest absolute Gasteiger partial charge is 0.494 e. The van der Waals surface area contributed by atoms with Crippen LogP contribution in [0.3, 0.4) is 0 Å². The van der Waals surface area contributed by atoms with Crippen molar-refractivity contribution in [1.82, 2.24) is 5.43 Å². The summed E-state index contributed by atoms with van der Waals surface area (Å²) in [6, 6.07) is 24.7. The summed E-state index contributed by atoms with van der Waals surface area (Å²) < 4.78 is 5.69. The minimum Gasteiger partial charge on any atom is -0.494 e. The van der Waals surface area contributed by atoms with Crippen LogP contribution < -0.4 is 10.2 Å². The predicted molar refractivity (Wildman–Crippen MR) is 134 cm³/mol. The molecule has 0 saturated heterocycles. The molecule has 1 aliphatic carbocycles. The van der Waals surface area contributed by atoms with Gasteiger partial charge in [-0.25, -0.2) is 5.43 Å². The smallest absolute Gasteiger partial charge is 0.244 e. The minimum absolute atomic E-state index is 0.0474. The van der Waals surface area contributed by atoms with Crippen molar-refractivity contribution >= 4 is 12.1 Å². The number of carbonyl (C=O) groups is 1. The lowest BCUT2D eigenvalue weighted by molar-refractivity contribution is -0.122. The number of hydrazone groups is 1. The highest BCUT2D eigenvalue weighted by molar-refractivity contribution is 5.87. The molecule has 1 aliphatic rings. The molecule has 0 heterocycles. The summed E-state index contributed by atoms with van der Waals surface area (Å²) >= 11 is 0. The van der Waals surface area contributed by atoms with Crippen molar-refractivity contribution in [1.29, 1.82) is 0 Å². The summed E-state index contributed by atoms with van der Waals surface area (Å²) in [6.45, 7) is 7.06. The quantitative estimate of drug-likeness (QED) is 0.254. The topological polar surface area (TPSA) is 50.7 Å². The van der Waals surface area contributed by atoms with Crippen LogP contribution in [0.2, 0.25) is 0 Å². The molecule has 0 aliphatic heterocycles. The van der Waals surface area contributed by atoms with Crippen molar-refractivity contribution < 1.29 is 9.53 Å². The predicted octanol–water partition coefficient (Wildman–Crippen LogP) is 5.94. The van der Waals surface area contributed by atoms with E-state index in [2.05, 4.69) is 79.8 Å². The lowest BCUT2D eigenvalue weighted by Crippen LogP contribution is -2.25. The Labute approximate surface area is 196 Å². The average Bonchev–Trinajstić information content (AvgIpc) is 3.58. The molecule has 0 aromatic heterocycles. The summed E-state index contributed by atoms with van der Waals surface area (Å²) in [5.41, 5.74) is 8.17. The van der Waals surface area contributed by atoms with Gasteiger partial charge in [-0.2, -0.15) is 5.10 Å². The van der Waals surface area contributed by atoms with Crippen molar-refractivity contribution in [2.45, 2.75) is 45.4 Å². The van der Waals surface area contributed by atoms with Crippen LogP contribution in [0, 0.1) is 19.8 Å². The van der Waals surface area contributed by atoms with Crippen molar-refractivity contribution in [3.05, 3.63) is 101 Å². The van der Waals surface area contributed by atoms with Gasteiger partial charge in [-0.1, -0.05) is 73.0 Å². The van der Waals surface area contributed by atoms with Crippen molar-refractivity contribution in [2.75, 3.05) is 6.61 Å². The van der Waals surface area contributed by atoms with Crippen LogP contribution in [0.4, 0.5) is 0 Å². The van der Waals surface area contributed by atoms with Crippen LogP contribution in [0.15, 0.2) is 77.9 Å². The number of hydrogen-bond donors (Lipinski definition) is 1. The number of rotatable bonds is 9. The molecule has 33 heavy (non-hydrogen) atoms. The maximum atomic E-state index is 13.1. The van der Waals surface area contributed by atoms with Crippen LogP contribution in [0.1, 0.15) is 54.0 Å². The van der Waals surface area contributed by atoms with Gasteiger partial charge in [0, 0.05) is 5.41 Å². The van der Waals surface area contributed by atoms with Crippen molar-refractivity contribution in [3.63, 3.8) is 0 Å². The molecule has 0 bridgehead atoms. The van der Waals surface area contributed by atoms with Crippen LogP contribution in [0.25, 0.3) is 0 Å². The van der Waals surface area contributed by atoms with E-state index >= 15 is 0 Å². The molecule has 170 valence electrons. The zero-order valence-electron chi connectivity index (χ0n) is 19.7. The number of carbonyl (C=O) groups excluding carboxylic acids is 1. The van der Waals surface area contributed by atoms with Crippen molar-refractivity contribution in [3.8, 4) is 5.75 Å². The lowest BCUT2D eigenvalue weighted by atomic mass is 9.84. The molecule has 3 aromatic carbocycles. The number of unbranched alkanes of at least 4 members (excludes halogenated alkanes) is 1. The third kappa shape index (κ3) is 5.16. The van der Waals surface area contributed by atoms with E-state index in [0.717, 1.165) is 37.2 Å². The summed E-state index contributed by atoms with van der Waals surface area (Å²) in [4.78, 5) is 13.1. The van der Waals surface area contributed by atoms with Crippen LogP contribution >= 0.6 is 0 Å². The van der Waals surface area contributed by atoms with E-state index in [1.807, 2.05) is 24.3 Å². The van der Waals surface area contributed by atoms with Gasteiger partial charge in [-0.3, -0.25) is 4.79 Å². The number of aryl methyl sites for hydroxylation is 2. The normalized spacial score (nSPS) is 16.5. The van der Waals surface area contributed by atoms with E-state index in [9.17, 15) is 4.79 Å². The highest BCUT2D eigenvalue weighted by Gasteiger charge is 2.60. The Balaban J connectivity index is 1.45. The third-order valence-electron chi connectivity index (χ3n) is 6.38. The Bertz CT molecular complexity index is 1090. The van der Waals surface area contributed by atoms with Gasteiger partial charge in [-0.05, 0) is 67.6 Å². The van der Waals surface area contributed by atoms with Gasteiger partial charge in [-0.15, -0.1) is 0 Å². The van der Waals surface area contributed by atoms with Gasteiger partial charge in [0.25, 0.3) is 0 Å². The molecule has 0 radical (unpaired) electrons. The molecule has 1 atom stereocenters. The Kier molecular flexibility index (Phi) is 6.93. The summed E-state index contributed by atoms with van der Waals surface area (Å²) in [6.07, 6.45) is 4.62. The van der Waals surface area contributed by atoms with Gasteiger partial charge in [0.2, 0.25) is 5.91 Å². The maximum Gasteiger partial charge on any atom is 0.244 e. The molecular formula is C29H32N2O2. The fourth-order valence-corrected chi connectivity index (χ4v) is 4.46. The molecule has 1 unspecified atom stereocenters. The van der Waals surface area contributed by atoms with E-state index in [1.54, 1.807) is 6.21 Å². The average molecular weight is 441 g/mol. The van der Waals surface area contributed by atoms with Crippen LogP contribution in [0.5, 0.6) is 5.75 Å². The monoisotopic (exact) mass is 440 g/mol. The van der Waals surface area contributed by atoms with Crippen molar-refractivity contribution in [2.24, 2.45) is 11.0 Å². The Morgan fingerprint density at radius 1 is 1.03 bits per heavy atom. The maximum absolute atomic E-state index is 13.1. The van der Waals surface area contributed by atoms with E-state index < -0.39 is 0 Å². The highest BCUT2D eigenvalue weighted by Crippen LogP contribution is 2.59. The number of nitrogens with zero attached hydrogens (tertiary/aromatic N) is 1. The standard InChI is InChI=1S/C29H32N2O2/c1-4-5-16-33-26-14-12-23(13-15-26)20-30-31-28(32)27-19-29(27,24-10-6-8-21(2)17-24)25-11-7-9-22(3)18-25/h6-15,17-18,20,27H,4-5,16,19H2,1-3H3,(H,31,32). The number of hydrogen-bond acceptors (Lipinski definition) is 3. The molecule has 1 fully saturated rings. The third-order valence-corrected chi connectivity index (χ3v) is 6.38. The second-order valence-electron chi connectivity index (χ2n) is 8.97. The minimum atomic E-state index is -0.297. The molecule has 0 spiro atoms. The SMILES string of the molecule is CCCCOc1ccc(C=NNC(=O)C2CC2(c2cccc(C)c2)c2cccc(C)c2)cc1. The van der Waals surface area contributed by atoms with E-state index in [1.165, 1.54) is 22.3 Å². The van der Waals surface area contributed by atoms with Gasteiger partial charge in [0.15, 0.2) is 0 Å². The van der Waals surface area contributed by atoms with E-state index in [0.29, 0.717) is 0 Å². The van der Waals surface area contributed by atoms with E-state index in [-0.39, 0.29) is 17.2 Å². The zero-order chi connectivity index (χ0) is 23.3. The van der Waals surface area contributed by atoms with Gasteiger partial charge in [0.1, 0.15) is 5.75 Å². The summed E-state index contributed by atoms with van der Waals surface area (Å²) in [5, 5.41) is 4.23. The highest BCUT2D eigenvalue weighted by atomic mass is 16.5. The van der Waals surface area contributed by atoms with E-state index in [4.69, 9.17) is 4.74 Å². The molecule has 3 aromatic rings. The van der Waals surface area contributed by atoms with Gasteiger partial charge in [0.05, 0.1) is 18.7 Å². The Morgan fingerprint density at radius 2 is 1.67 bits per heavy atom. The van der Waals surface area contributed by atoms with Crippen LogP contribution in [-0.4, -0.2) is 18.7 Å². The second kappa shape index (κ2) is 10.0. The fraction of sp³-hybridized carbons (Fsp3) is 0.310. The first-order chi connectivity index (χ1) is 16.0. The molecule has 4 heteroatoms. The molecular weight excluding hydrogens is 408 g/mol. The first-order valence-electron chi connectivity index (χ1n) is 11.7. The summed E-state index contributed by atoms with van der Waals surface area (Å²) in [5.74, 6) is 0.657. The first kappa shape index (κ1) is 22.8. The second-order valence-corrected chi connectivity index (χ2v) is 8.97. The Hall–Kier alpha value is -3.40.